The van der Waals surface area contributed by atoms with E-state index in [1.165, 1.54) is 19.3 Å². The van der Waals surface area contributed by atoms with E-state index in [0.717, 1.165) is 34.6 Å². The first kappa shape index (κ1) is 15.2. The summed E-state index contributed by atoms with van der Waals surface area (Å²) in [7, 11) is 4.32. The van der Waals surface area contributed by atoms with Crippen LogP contribution in [0.25, 0.3) is 21.8 Å². The number of fused-ring (bicyclic) bond motifs is 5. The lowest BCUT2D eigenvalue weighted by Gasteiger charge is -2.47. The van der Waals surface area contributed by atoms with Crippen LogP contribution in [0.3, 0.4) is 0 Å². The lowest BCUT2D eigenvalue weighted by Crippen LogP contribution is -2.50. The summed E-state index contributed by atoms with van der Waals surface area (Å²) in [6.45, 7) is 0. The Balaban J connectivity index is 1.67. The maximum atomic E-state index is 13.4. The molecule has 1 aromatic carbocycles. The maximum Gasteiger partial charge on any atom is 0.260 e. The average Bonchev–Trinajstić information content (AvgIpc) is 2.89. The van der Waals surface area contributed by atoms with Crippen molar-refractivity contribution in [2.24, 2.45) is 7.05 Å². The standard InChI is InChI=1S/C21H25N3O/c1-22-14-6-5-7-15(22)13-16(12-14)24-11-10-19-20(21(24)25)17-8-3-4-9-18(17)23(19)2/h3-4,8-11,14-16H,5-7,12-13H2,1-2H3/t14-,15+,16?. The van der Waals surface area contributed by atoms with Crippen molar-refractivity contribution in [3.05, 3.63) is 46.9 Å². The molecule has 2 saturated heterocycles. The molecule has 2 aromatic heterocycles. The lowest BCUT2D eigenvalue weighted by atomic mass is 9.82. The monoisotopic (exact) mass is 335 g/mol. The summed E-state index contributed by atoms with van der Waals surface area (Å²) in [6, 6.07) is 12.0. The molecule has 0 spiro atoms. The molecule has 0 aliphatic carbocycles. The third-order valence-electron chi connectivity index (χ3n) is 6.70. The van der Waals surface area contributed by atoms with E-state index >= 15 is 0 Å². The van der Waals surface area contributed by atoms with Crippen molar-refractivity contribution in [3.8, 4) is 0 Å². The number of pyridine rings is 1. The first-order chi connectivity index (χ1) is 12.1. The molecule has 4 nitrogen and oxygen atoms in total. The van der Waals surface area contributed by atoms with Crippen molar-refractivity contribution >= 4 is 21.8 Å². The highest BCUT2D eigenvalue weighted by Crippen LogP contribution is 2.38. The third kappa shape index (κ3) is 2.13. The number of hydrogen-bond acceptors (Lipinski definition) is 2. The van der Waals surface area contributed by atoms with Gasteiger partial charge in [-0.25, -0.2) is 0 Å². The number of rotatable bonds is 1. The van der Waals surface area contributed by atoms with E-state index in [9.17, 15) is 4.79 Å². The Morgan fingerprint density at radius 1 is 0.920 bits per heavy atom. The molecule has 2 bridgehead atoms. The fourth-order valence-electron chi connectivity index (χ4n) is 5.28. The predicted octanol–water partition coefficient (Wildman–Crippen LogP) is 3.68. The van der Waals surface area contributed by atoms with E-state index < -0.39 is 0 Å². The summed E-state index contributed by atoms with van der Waals surface area (Å²) in [5.41, 5.74) is 2.35. The number of aryl methyl sites for hydroxylation is 1. The molecule has 2 aliphatic rings. The smallest absolute Gasteiger partial charge is 0.260 e. The van der Waals surface area contributed by atoms with Gasteiger partial charge in [0.25, 0.3) is 5.56 Å². The highest BCUT2D eigenvalue weighted by molar-refractivity contribution is 6.07. The van der Waals surface area contributed by atoms with Crippen LogP contribution in [0.2, 0.25) is 0 Å². The second-order valence-corrected chi connectivity index (χ2v) is 7.89. The molecule has 0 N–H and O–H groups in total. The Bertz CT molecular complexity index is 1000. The number of nitrogens with zero attached hydrogens (tertiary/aromatic N) is 3. The summed E-state index contributed by atoms with van der Waals surface area (Å²) in [4.78, 5) is 15.9. The Morgan fingerprint density at radius 3 is 2.40 bits per heavy atom. The van der Waals surface area contributed by atoms with E-state index in [-0.39, 0.29) is 5.56 Å². The normalized spacial score (nSPS) is 27.2. The summed E-state index contributed by atoms with van der Waals surface area (Å²) in [6.07, 6.45) is 8.12. The number of aromatic nitrogens is 2. The second kappa shape index (κ2) is 5.46. The molecular formula is C21H25N3O. The first-order valence-electron chi connectivity index (χ1n) is 9.45. The quantitative estimate of drug-likeness (QED) is 0.679. The Hall–Kier alpha value is -2.07. The van der Waals surface area contributed by atoms with Gasteiger partial charge in [0.1, 0.15) is 0 Å². The van der Waals surface area contributed by atoms with Gasteiger partial charge in [-0.1, -0.05) is 24.6 Å². The summed E-state index contributed by atoms with van der Waals surface area (Å²) in [5.74, 6) is 0. The van der Waals surface area contributed by atoms with Gasteiger partial charge in [-0.15, -0.1) is 0 Å². The molecule has 0 amide bonds. The fourth-order valence-corrected chi connectivity index (χ4v) is 5.28. The van der Waals surface area contributed by atoms with Gasteiger partial charge in [0.05, 0.1) is 10.9 Å². The van der Waals surface area contributed by atoms with Crippen LogP contribution in [-0.2, 0) is 7.05 Å². The maximum absolute atomic E-state index is 13.4. The number of para-hydroxylation sites is 1. The topological polar surface area (TPSA) is 30.2 Å². The Morgan fingerprint density at radius 2 is 1.64 bits per heavy atom. The van der Waals surface area contributed by atoms with Gasteiger partial charge in [-0.05, 0) is 44.9 Å². The third-order valence-corrected chi connectivity index (χ3v) is 6.70. The molecular weight excluding hydrogens is 310 g/mol. The molecule has 0 saturated carbocycles. The van der Waals surface area contributed by atoms with E-state index in [1.54, 1.807) is 0 Å². The summed E-state index contributed by atoms with van der Waals surface area (Å²) >= 11 is 0. The minimum absolute atomic E-state index is 0.182. The molecule has 3 aromatic rings. The largest absolute Gasteiger partial charge is 0.343 e. The van der Waals surface area contributed by atoms with Crippen LogP contribution in [-0.4, -0.2) is 33.2 Å². The van der Waals surface area contributed by atoms with E-state index in [2.05, 4.69) is 41.8 Å². The zero-order chi connectivity index (χ0) is 17.1. The van der Waals surface area contributed by atoms with E-state index in [4.69, 9.17) is 0 Å². The van der Waals surface area contributed by atoms with Crippen LogP contribution >= 0.6 is 0 Å². The van der Waals surface area contributed by atoms with Gasteiger partial charge in [-0.3, -0.25) is 4.79 Å². The molecule has 4 heteroatoms. The zero-order valence-electron chi connectivity index (χ0n) is 15.0. The molecule has 4 heterocycles. The highest BCUT2D eigenvalue weighted by Gasteiger charge is 2.37. The van der Waals surface area contributed by atoms with Crippen molar-refractivity contribution < 1.29 is 0 Å². The number of hydrogen-bond donors (Lipinski definition) is 0. The van der Waals surface area contributed by atoms with Gasteiger partial charge in [0, 0.05) is 42.3 Å². The fraction of sp³-hybridized carbons (Fsp3) is 0.476. The van der Waals surface area contributed by atoms with Crippen LogP contribution in [0.15, 0.2) is 41.3 Å². The molecule has 0 radical (unpaired) electrons. The summed E-state index contributed by atoms with van der Waals surface area (Å²) < 4.78 is 4.17. The van der Waals surface area contributed by atoms with Crippen LogP contribution < -0.4 is 5.56 Å². The van der Waals surface area contributed by atoms with Crippen LogP contribution in [0.5, 0.6) is 0 Å². The molecule has 3 atom stereocenters. The molecule has 2 fully saturated rings. The minimum Gasteiger partial charge on any atom is -0.343 e. The van der Waals surface area contributed by atoms with Crippen LogP contribution in [0.4, 0.5) is 0 Å². The molecule has 130 valence electrons. The van der Waals surface area contributed by atoms with Crippen molar-refractivity contribution in [1.82, 2.24) is 14.0 Å². The average molecular weight is 335 g/mol. The lowest BCUT2D eigenvalue weighted by molar-refractivity contribution is 0.0393. The number of benzene rings is 1. The zero-order valence-corrected chi connectivity index (χ0v) is 15.0. The van der Waals surface area contributed by atoms with E-state index in [0.29, 0.717) is 18.1 Å². The van der Waals surface area contributed by atoms with Crippen molar-refractivity contribution in [1.29, 1.82) is 0 Å². The predicted molar refractivity (Wildman–Crippen MR) is 102 cm³/mol. The van der Waals surface area contributed by atoms with Gasteiger partial charge in [0.15, 0.2) is 0 Å². The summed E-state index contributed by atoms with van der Waals surface area (Å²) in [5, 5.41) is 1.96. The van der Waals surface area contributed by atoms with Crippen molar-refractivity contribution in [2.45, 2.75) is 50.2 Å². The molecule has 25 heavy (non-hydrogen) atoms. The number of piperidine rings is 2. The van der Waals surface area contributed by atoms with Crippen LogP contribution in [0, 0.1) is 0 Å². The Kier molecular flexibility index (Phi) is 3.32. The first-order valence-corrected chi connectivity index (χ1v) is 9.45. The molecule has 5 rings (SSSR count). The highest BCUT2D eigenvalue weighted by atomic mass is 16.1. The van der Waals surface area contributed by atoms with Crippen LogP contribution in [0.1, 0.15) is 38.1 Å². The van der Waals surface area contributed by atoms with Crippen molar-refractivity contribution in [3.63, 3.8) is 0 Å². The second-order valence-electron chi connectivity index (χ2n) is 7.89. The minimum atomic E-state index is 0.182. The van der Waals surface area contributed by atoms with Gasteiger partial charge in [0.2, 0.25) is 0 Å². The van der Waals surface area contributed by atoms with Gasteiger partial charge in [-0.2, -0.15) is 0 Å². The molecule has 2 aliphatic heterocycles. The molecule has 1 unspecified atom stereocenters. The Labute approximate surface area is 147 Å². The SMILES string of the molecule is CN1[C@@H]2CCC[C@H]1CC(n1ccc3c(c1=O)c1ccccc1n3C)C2. The van der Waals surface area contributed by atoms with E-state index in [1.807, 2.05) is 22.9 Å². The van der Waals surface area contributed by atoms with Gasteiger partial charge < -0.3 is 14.0 Å². The van der Waals surface area contributed by atoms with Crippen molar-refractivity contribution in [2.75, 3.05) is 7.05 Å². The van der Waals surface area contributed by atoms with Gasteiger partial charge >= 0.3 is 0 Å².